The highest BCUT2D eigenvalue weighted by Crippen LogP contribution is 2.45. The molecule has 0 aromatic heterocycles. The Labute approximate surface area is 141 Å². The maximum absolute atomic E-state index is 12.6. The lowest BCUT2D eigenvalue weighted by molar-refractivity contribution is -0.122. The molecule has 1 aliphatic rings. The van der Waals surface area contributed by atoms with Crippen LogP contribution in [0.25, 0.3) is 0 Å². The number of halogens is 1. The van der Waals surface area contributed by atoms with Crippen molar-refractivity contribution in [2.75, 3.05) is 4.43 Å². The van der Waals surface area contributed by atoms with Crippen molar-refractivity contribution < 1.29 is 9.59 Å². The number of hydrogen-bond acceptors (Lipinski definition) is 2. The van der Waals surface area contributed by atoms with Crippen molar-refractivity contribution in [3.63, 3.8) is 0 Å². The second kappa shape index (κ2) is 8.06. The van der Waals surface area contributed by atoms with Crippen molar-refractivity contribution in [3.8, 4) is 0 Å². The maximum atomic E-state index is 12.6. The third kappa shape index (κ3) is 4.38. The molecule has 1 rings (SSSR count). The molecule has 0 saturated heterocycles. The monoisotopic (exact) mass is 400 g/mol. The molecule has 0 saturated carbocycles. The molecule has 21 heavy (non-hydrogen) atoms. The van der Waals surface area contributed by atoms with Gasteiger partial charge in [0.25, 0.3) is 0 Å². The van der Waals surface area contributed by atoms with Crippen molar-refractivity contribution in [2.45, 2.75) is 46.5 Å². The maximum Gasteiger partial charge on any atom is 0.182 e. The molecule has 116 valence electrons. The summed E-state index contributed by atoms with van der Waals surface area (Å²) in [4.78, 5) is 24.6. The molecule has 0 aromatic rings. The van der Waals surface area contributed by atoms with Gasteiger partial charge in [-0.15, -0.1) is 0 Å². The molecule has 3 heteroatoms. The second-order valence-electron chi connectivity index (χ2n) is 6.17. The van der Waals surface area contributed by atoms with Gasteiger partial charge in [0.15, 0.2) is 11.6 Å². The number of rotatable bonds is 7. The number of carbonyl (C=O) groups is 2. The van der Waals surface area contributed by atoms with E-state index in [9.17, 15) is 9.59 Å². The number of carbonyl (C=O) groups excluding carboxylic acids is 2. The van der Waals surface area contributed by atoms with E-state index < -0.39 is 5.41 Å². The molecule has 0 spiro atoms. The van der Waals surface area contributed by atoms with Gasteiger partial charge < -0.3 is 0 Å². The van der Waals surface area contributed by atoms with Crippen LogP contribution in [0.3, 0.4) is 0 Å². The summed E-state index contributed by atoms with van der Waals surface area (Å²) >= 11 is 2.34. The Morgan fingerprint density at radius 3 is 2.67 bits per heavy atom. The van der Waals surface area contributed by atoms with Crippen molar-refractivity contribution in [1.29, 1.82) is 0 Å². The molecule has 0 fully saturated rings. The smallest absolute Gasteiger partial charge is 0.182 e. The first-order chi connectivity index (χ1) is 9.86. The number of ketones is 2. The first-order valence-corrected chi connectivity index (χ1v) is 9.02. The third-order valence-electron chi connectivity index (χ3n) is 4.31. The van der Waals surface area contributed by atoms with Crippen LogP contribution < -0.4 is 0 Å². The van der Waals surface area contributed by atoms with Crippen LogP contribution in [0, 0.1) is 11.3 Å². The summed E-state index contributed by atoms with van der Waals surface area (Å²) in [5, 5.41) is 0. The highest BCUT2D eigenvalue weighted by Gasteiger charge is 2.42. The number of alkyl halides is 1. The van der Waals surface area contributed by atoms with Crippen LogP contribution in [0.1, 0.15) is 46.5 Å². The Kier molecular flexibility index (Phi) is 7.04. The van der Waals surface area contributed by atoms with Crippen LogP contribution in [0.5, 0.6) is 0 Å². The van der Waals surface area contributed by atoms with Crippen LogP contribution in [-0.2, 0) is 9.59 Å². The summed E-state index contributed by atoms with van der Waals surface area (Å²) in [6, 6.07) is 0. The minimum atomic E-state index is -0.418. The Hall–Kier alpha value is -0.710. The van der Waals surface area contributed by atoms with E-state index in [0.29, 0.717) is 0 Å². The molecule has 0 radical (unpaired) electrons. The largest absolute Gasteiger partial charge is 0.295 e. The van der Waals surface area contributed by atoms with Crippen molar-refractivity contribution in [1.82, 2.24) is 0 Å². The van der Waals surface area contributed by atoms with E-state index in [1.165, 1.54) is 6.08 Å². The Bertz CT molecular complexity index is 483. The fraction of sp³-hybridized carbons (Fsp3) is 0.556. The zero-order chi connectivity index (χ0) is 16.0. The summed E-state index contributed by atoms with van der Waals surface area (Å²) in [6.07, 6.45) is 8.67. The normalized spacial score (nSPS) is 21.6. The van der Waals surface area contributed by atoms with E-state index in [4.69, 9.17) is 0 Å². The van der Waals surface area contributed by atoms with Crippen LogP contribution in [0.15, 0.2) is 36.0 Å². The topological polar surface area (TPSA) is 34.1 Å². The van der Waals surface area contributed by atoms with E-state index in [2.05, 4.69) is 29.2 Å². The van der Waals surface area contributed by atoms with Crippen molar-refractivity contribution >= 4 is 34.2 Å². The highest BCUT2D eigenvalue weighted by atomic mass is 127. The first kappa shape index (κ1) is 18.3. The first-order valence-electron chi connectivity index (χ1n) is 7.49. The van der Waals surface area contributed by atoms with E-state index in [-0.39, 0.29) is 17.5 Å². The van der Waals surface area contributed by atoms with Crippen LogP contribution in [-0.4, -0.2) is 16.0 Å². The lowest BCUT2D eigenvalue weighted by Crippen LogP contribution is -2.37. The molecular formula is C18H25IO2. The number of unbranched alkanes of at least 4 members (excludes halogenated alkanes) is 1. The fourth-order valence-electron chi connectivity index (χ4n) is 3.21. The van der Waals surface area contributed by atoms with Gasteiger partial charge in [-0.2, -0.15) is 0 Å². The Morgan fingerprint density at radius 1 is 1.43 bits per heavy atom. The highest BCUT2D eigenvalue weighted by molar-refractivity contribution is 14.1. The average Bonchev–Trinajstić information content (AvgIpc) is 2.42. The van der Waals surface area contributed by atoms with Crippen LogP contribution in [0.4, 0.5) is 0 Å². The Morgan fingerprint density at radius 2 is 2.10 bits per heavy atom. The predicted molar refractivity (Wildman–Crippen MR) is 96.7 cm³/mol. The van der Waals surface area contributed by atoms with Gasteiger partial charge in [-0.05, 0) is 49.2 Å². The molecule has 1 unspecified atom stereocenters. The predicted octanol–water partition coefficient (Wildman–Crippen LogP) is 4.83. The van der Waals surface area contributed by atoms with Gasteiger partial charge in [0.05, 0.1) is 0 Å². The summed E-state index contributed by atoms with van der Waals surface area (Å²) in [5.41, 5.74) is 1.52. The second-order valence-corrected chi connectivity index (χ2v) is 7.25. The summed E-state index contributed by atoms with van der Waals surface area (Å²) in [7, 11) is 0. The molecule has 0 heterocycles. The fourth-order valence-corrected chi connectivity index (χ4v) is 3.65. The molecular weight excluding hydrogens is 375 g/mol. The van der Waals surface area contributed by atoms with Gasteiger partial charge in [0, 0.05) is 16.9 Å². The van der Waals surface area contributed by atoms with Crippen LogP contribution >= 0.6 is 22.6 Å². The van der Waals surface area contributed by atoms with Gasteiger partial charge in [-0.3, -0.25) is 9.59 Å². The number of allylic oxidation sites excluding steroid dienone is 5. The minimum Gasteiger partial charge on any atom is -0.295 e. The zero-order valence-electron chi connectivity index (χ0n) is 13.2. The summed E-state index contributed by atoms with van der Waals surface area (Å²) < 4.78 is 1.10. The molecule has 0 aliphatic heterocycles. The quantitative estimate of drug-likeness (QED) is 0.265. The van der Waals surface area contributed by atoms with E-state index in [1.807, 2.05) is 26.8 Å². The molecule has 0 bridgehead atoms. The molecule has 0 aromatic carbocycles. The van der Waals surface area contributed by atoms with E-state index in [0.717, 1.165) is 41.3 Å². The summed E-state index contributed by atoms with van der Waals surface area (Å²) in [6.45, 7) is 9.63. The van der Waals surface area contributed by atoms with Gasteiger partial charge in [-0.1, -0.05) is 54.7 Å². The Balaban J connectivity index is 3.02. The molecule has 1 atom stereocenters. The molecule has 1 aliphatic carbocycles. The standard InChI is InChI=1S/C18H25IO2/c1-5-15(20)14-11-10-13(2)17(18(14,3)4)16(21)9-7-6-8-12-19/h5,7,9,14H,1,6,8,10-12H2,2-4H3/b9-7+. The van der Waals surface area contributed by atoms with E-state index >= 15 is 0 Å². The van der Waals surface area contributed by atoms with Gasteiger partial charge >= 0.3 is 0 Å². The zero-order valence-corrected chi connectivity index (χ0v) is 15.4. The minimum absolute atomic E-state index is 0.0479. The molecule has 2 nitrogen and oxygen atoms in total. The van der Waals surface area contributed by atoms with Gasteiger partial charge in [0.1, 0.15) is 0 Å². The van der Waals surface area contributed by atoms with Crippen LogP contribution in [0.2, 0.25) is 0 Å². The lowest BCUT2D eigenvalue weighted by Gasteiger charge is -2.39. The van der Waals surface area contributed by atoms with Gasteiger partial charge in [-0.25, -0.2) is 0 Å². The average molecular weight is 400 g/mol. The van der Waals surface area contributed by atoms with Crippen molar-refractivity contribution in [2.24, 2.45) is 11.3 Å². The lowest BCUT2D eigenvalue weighted by atomic mass is 9.63. The molecule has 0 amide bonds. The van der Waals surface area contributed by atoms with Gasteiger partial charge in [0.2, 0.25) is 0 Å². The summed E-state index contributed by atoms with van der Waals surface area (Å²) in [5.74, 6) is -0.0281. The molecule has 0 N–H and O–H groups in total. The van der Waals surface area contributed by atoms with E-state index in [1.54, 1.807) is 6.08 Å². The number of hydrogen-bond donors (Lipinski definition) is 0. The third-order valence-corrected chi connectivity index (χ3v) is 5.08. The SMILES string of the molecule is C=CC(=O)C1CCC(C)=C(C(=O)/C=C/CCCI)C1(C)C. The van der Waals surface area contributed by atoms with Crippen molar-refractivity contribution in [3.05, 3.63) is 36.0 Å².